The standard InChI is InChI=1S/C17H20N4O/c22-17(19-14-9-5-2-6-10-14)15-11-12-16(21-20-15)18-13-7-3-1-4-8-13/h2,5-6,9-13H,1,3-4,7-8H2,(H,18,21)(H,19,22). The number of anilines is 2. The summed E-state index contributed by atoms with van der Waals surface area (Å²) in [5.41, 5.74) is 1.07. The number of benzene rings is 1. The third-order valence-electron chi connectivity index (χ3n) is 3.89. The summed E-state index contributed by atoms with van der Waals surface area (Å²) >= 11 is 0. The van der Waals surface area contributed by atoms with E-state index in [2.05, 4.69) is 20.8 Å². The van der Waals surface area contributed by atoms with Crippen LogP contribution in [0.15, 0.2) is 42.5 Å². The SMILES string of the molecule is O=C(Nc1ccccc1)c1ccc(NC2CCCCC2)nn1. The molecule has 5 nitrogen and oxygen atoms in total. The Bertz CT molecular complexity index is 606. The van der Waals surface area contributed by atoms with Gasteiger partial charge in [-0.3, -0.25) is 4.79 Å². The molecule has 1 aromatic heterocycles. The lowest BCUT2D eigenvalue weighted by Crippen LogP contribution is -2.23. The van der Waals surface area contributed by atoms with Crippen LogP contribution in [0, 0.1) is 0 Å². The molecule has 1 aliphatic carbocycles. The highest BCUT2D eigenvalue weighted by molar-refractivity contribution is 6.02. The van der Waals surface area contributed by atoms with Gasteiger partial charge in [-0.1, -0.05) is 37.5 Å². The van der Waals surface area contributed by atoms with Crippen LogP contribution < -0.4 is 10.6 Å². The van der Waals surface area contributed by atoms with Gasteiger partial charge in [0.1, 0.15) is 5.82 Å². The summed E-state index contributed by atoms with van der Waals surface area (Å²) in [6.07, 6.45) is 6.21. The van der Waals surface area contributed by atoms with Gasteiger partial charge in [0.25, 0.3) is 5.91 Å². The molecule has 22 heavy (non-hydrogen) atoms. The second-order valence-corrected chi connectivity index (χ2v) is 5.60. The zero-order valence-corrected chi connectivity index (χ0v) is 12.5. The van der Waals surface area contributed by atoms with Crippen molar-refractivity contribution < 1.29 is 4.79 Å². The van der Waals surface area contributed by atoms with Gasteiger partial charge >= 0.3 is 0 Å². The lowest BCUT2D eigenvalue weighted by atomic mass is 9.95. The fraction of sp³-hybridized carbons (Fsp3) is 0.353. The summed E-state index contributed by atoms with van der Waals surface area (Å²) in [7, 11) is 0. The van der Waals surface area contributed by atoms with Crippen LogP contribution in [0.4, 0.5) is 11.5 Å². The Labute approximate surface area is 130 Å². The van der Waals surface area contributed by atoms with Crippen LogP contribution >= 0.6 is 0 Å². The van der Waals surface area contributed by atoms with E-state index in [0.29, 0.717) is 11.7 Å². The predicted molar refractivity (Wildman–Crippen MR) is 86.9 cm³/mol. The Hall–Kier alpha value is -2.43. The summed E-state index contributed by atoms with van der Waals surface area (Å²) in [6.45, 7) is 0. The molecule has 3 rings (SSSR count). The van der Waals surface area contributed by atoms with Crippen molar-refractivity contribution in [3.05, 3.63) is 48.2 Å². The number of nitrogens with zero attached hydrogens (tertiary/aromatic N) is 2. The summed E-state index contributed by atoms with van der Waals surface area (Å²) in [6, 6.07) is 13.3. The summed E-state index contributed by atoms with van der Waals surface area (Å²) in [4.78, 5) is 12.1. The van der Waals surface area contributed by atoms with Crippen molar-refractivity contribution in [2.45, 2.75) is 38.1 Å². The highest BCUT2D eigenvalue weighted by atomic mass is 16.1. The Kier molecular flexibility index (Phi) is 4.63. The Morgan fingerprint density at radius 1 is 0.955 bits per heavy atom. The molecule has 0 saturated heterocycles. The summed E-state index contributed by atoms with van der Waals surface area (Å²) in [5, 5.41) is 14.3. The van der Waals surface area contributed by atoms with Crippen molar-refractivity contribution in [1.29, 1.82) is 0 Å². The van der Waals surface area contributed by atoms with Crippen molar-refractivity contribution in [1.82, 2.24) is 10.2 Å². The van der Waals surface area contributed by atoms with E-state index in [-0.39, 0.29) is 5.91 Å². The molecule has 0 aliphatic heterocycles. The van der Waals surface area contributed by atoms with Crippen LogP contribution in [-0.2, 0) is 0 Å². The zero-order chi connectivity index (χ0) is 15.2. The molecule has 1 aromatic carbocycles. The topological polar surface area (TPSA) is 66.9 Å². The highest BCUT2D eigenvalue weighted by Gasteiger charge is 2.14. The molecule has 0 radical (unpaired) electrons. The lowest BCUT2D eigenvalue weighted by Gasteiger charge is -2.22. The highest BCUT2D eigenvalue weighted by Crippen LogP contribution is 2.20. The Balaban J connectivity index is 1.59. The Morgan fingerprint density at radius 2 is 1.73 bits per heavy atom. The molecule has 2 aromatic rings. The van der Waals surface area contributed by atoms with E-state index in [4.69, 9.17) is 0 Å². The minimum atomic E-state index is -0.247. The van der Waals surface area contributed by atoms with Crippen LogP contribution in [-0.4, -0.2) is 22.1 Å². The first-order chi connectivity index (χ1) is 10.8. The molecule has 0 bridgehead atoms. The molecule has 0 unspecified atom stereocenters. The van der Waals surface area contributed by atoms with E-state index in [1.165, 1.54) is 32.1 Å². The first-order valence-corrected chi connectivity index (χ1v) is 7.78. The lowest BCUT2D eigenvalue weighted by molar-refractivity contribution is 0.102. The van der Waals surface area contributed by atoms with E-state index in [1.807, 2.05) is 36.4 Å². The molecule has 5 heteroatoms. The molecular formula is C17H20N4O. The summed E-state index contributed by atoms with van der Waals surface area (Å²) in [5.74, 6) is 0.492. The van der Waals surface area contributed by atoms with Gasteiger partial charge in [0, 0.05) is 11.7 Å². The van der Waals surface area contributed by atoms with Crippen molar-refractivity contribution >= 4 is 17.4 Å². The molecule has 1 heterocycles. The predicted octanol–water partition coefficient (Wildman–Crippen LogP) is 3.47. The van der Waals surface area contributed by atoms with Crippen LogP contribution in [0.2, 0.25) is 0 Å². The first-order valence-electron chi connectivity index (χ1n) is 7.78. The number of hydrogen-bond donors (Lipinski definition) is 2. The van der Waals surface area contributed by atoms with Crippen molar-refractivity contribution in [2.24, 2.45) is 0 Å². The minimum Gasteiger partial charge on any atom is -0.366 e. The number of nitrogens with one attached hydrogen (secondary N) is 2. The molecule has 1 amide bonds. The van der Waals surface area contributed by atoms with Crippen LogP contribution in [0.3, 0.4) is 0 Å². The van der Waals surface area contributed by atoms with E-state index >= 15 is 0 Å². The maximum absolute atomic E-state index is 12.1. The van der Waals surface area contributed by atoms with Gasteiger partial charge in [-0.15, -0.1) is 10.2 Å². The maximum Gasteiger partial charge on any atom is 0.276 e. The third-order valence-corrected chi connectivity index (χ3v) is 3.89. The van der Waals surface area contributed by atoms with Gasteiger partial charge in [0.05, 0.1) is 0 Å². The van der Waals surface area contributed by atoms with Gasteiger partial charge in [-0.05, 0) is 37.1 Å². The third kappa shape index (κ3) is 3.81. The molecule has 1 saturated carbocycles. The molecule has 1 aliphatic rings. The molecule has 0 spiro atoms. The average molecular weight is 296 g/mol. The van der Waals surface area contributed by atoms with Gasteiger partial charge in [0.2, 0.25) is 0 Å². The van der Waals surface area contributed by atoms with E-state index < -0.39 is 0 Å². The quantitative estimate of drug-likeness (QED) is 0.906. The van der Waals surface area contributed by atoms with Crippen molar-refractivity contribution in [3.63, 3.8) is 0 Å². The normalized spacial score (nSPS) is 15.3. The molecule has 0 atom stereocenters. The van der Waals surface area contributed by atoms with E-state index in [1.54, 1.807) is 6.07 Å². The maximum atomic E-state index is 12.1. The largest absolute Gasteiger partial charge is 0.366 e. The van der Waals surface area contributed by atoms with Crippen LogP contribution in [0.25, 0.3) is 0 Å². The van der Waals surface area contributed by atoms with Gasteiger partial charge in [0.15, 0.2) is 5.69 Å². The molecule has 1 fully saturated rings. The fourth-order valence-corrected chi connectivity index (χ4v) is 2.70. The Morgan fingerprint density at radius 3 is 2.41 bits per heavy atom. The molecular weight excluding hydrogens is 276 g/mol. The number of rotatable bonds is 4. The van der Waals surface area contributed by atoms with Crippen molar-refractivity contribution in [3.8, 4) is 0 Å². The number of para-hydroxylation sites is 1. The smallest absolute Gasteiger partial charge is 0.276 e. The van der Waals surface area contributed by atoms with Gasteiger partial charge in [-0.2, -0.15) is 0 Å². The number of carbonyl (C=O) groups excluding carboxylic acids is 1. The number of hydrogen-bond acceptors (Lipinski definition) is 4. The van der Waals surface area contributed by atoms with E-state index in [9.17, 15) is 4.79 Å². The average Bonchev–Trinajstić information content (AvgIpc) is 2.57. The van der Waals surface area contributed by atoms with Gasteiger partial charge in [-0.25, -0.2) is 0 Å². The number of carbonyl (C=O) groups is 1. The second kappa shape index (κ2) is 7.02. The monoisotopic (exact) mass is 296 g/mol. The van der Waals surface area contributed by atoms with Crippen molar-refractivity contribution in [2.75, 3.05) is 10.6 Å². The second-order valence-electron chi connectivity index (χ2n) is 5.60. The summed E-state index contributed by atoms with van der Waals surface area (Å²) < 4.78 is 0. The minimum absolute atomic E-state index is 0.247. The van der Waals surface area contributed by atoms with Gasteiger partial charge < -0.3 is 10.6 Å². The fourth-order valence-electron chi connectivity index (χ4n) is 2.70. The number of aromatic nitrogens is 2. The van der Waals surface area contributed by atoms with E-state index in [0.717, 1.165) is 11.5 Å². The zero-order valence-electron chi connectivity index (χ0n) is 12.5. The number of amides is 1. The van der Waals surface area contributed by atoms with Crippen LogP contribution in [0.1, 0.15) is 42.6 Å². The molecule has 2 N–H and O–H groups in total. The van der Waals surface area contributed by atoms with Crippen LogP contribution in [0.5, 0.6) is 0 Å². The first kappa shape index (κ1) is 14.5. The molecule has 114 valence electrons.